The van der Waals surface area contributed by atoms with Gasteiger partial charge in [0.05, 0.1) is 18.5 Å². The van der Waals surface area contributed by atoms with E-state index in [4.69, 9.17) is 0 Å². The minimum atomic E-state index is -0.832. The lowest BCUT2D eigenvalue weighted by Gasteiger charge is -2.27. The molecule has 2 aliphatic rings. The van der Waals surface area contributed by atoms with Gasteiger partial charge < -0.3 is 15.2 Å². The molecule has 0 radical (unpaired) electrons. The molecule has 2 N–H and O–H groups in total. The van der Waals surface area contributed by atoms with E-state index < -0.39 is 6.04 Å². The number of likely N-dealkylation sites (tertiary alicyclic amines) is 1. The first-order chi connectivity index (χ1) is 19.0. The number of carbonyl (C=O) groups is 3. The van der Waals surface area contributed by atoms with E-state index in [1.54, 1.807) is 0 Å². The van der Waals surface area contributed by atoms with E-state index in [1.165, 1.54) is 5.56 Å². The van der Waals surface area contributed by atoms with Crippen molar-refractivity contribution in [3.05, 3.63) is 89.5 Å². The Labute approximate surface area is 230 Å². The smallest absolute Gasteiger partial charge is 0.225 e. The number of benzene rings is 2. The Hall–Kier alpha value is -3.74. The van der Waals surface area contributed by atoms with Crippen LogP contribution in [0, 0.1) is 5.92 Å². The topological polar surface area (TPSA) is 95.2 Å². The zero-order chi connectivity index (χ0) is 27.2. The fraction of sp³-hybridized carbons (Fsp3) is 0.438. The highest BCUT2D eigenvalue weighted by molar-refractivity contribution is 5.93. The molecule has 1 aliphatic heterocycles. The van der Waals surface area contributed by atoms with Crippen molar-refractivity contribution in [3.63, 3.8) is 0 Å². The Balaban J connectivity index is 1.24. The molecule has 1 saturated heterocycles. The van der Waals surface area contributed by atoms with Gasteiger partial charge in [-0.3, -0.25) is 14.4 Å². The summed E-state index contributed by atoms with van der Waals surface area (Å²) in [6.07, 6.45) is 7.11. The first-order valence-corrected chi connectivity index (χ1v) is 14.2. The minimum Gasteiger partial charge on any atom is -0.346 e. The van der Waals surface area contributed by atoms with Crippen LogP contribution in [0.2, 0.25) is 0 Å². The lowest BCUT2D eigenvalue weighted by atomic mass is 9.96. The second-order valence-corrected chi connectivity index (χ2v) is 11.2. The zero-order valence-electron chi connectivity index (χ0n) is 22.6. The van der Waals surface area contributed by atoms with Crippen LogP contribution in [0.3, 0.4) is 0 Å². The molecule has 7 heteroatoms. The Morgan fingerprint density at radius 1 is 1.00 bits per heavy atom. The van der Waals surface area contributed by atoms with Crippen LogP contribution >= 0.6 is 0 Å². The van der Waals surface area contributed by atoms with Crippen LogP contribution in [0.15, 0.2) is 66.9 Å². The Morgan fingerprint density at radius 3 is 2.44 bits per heavy atom. The molecule has 39 heavy (non-hydrogen) atoms. The average Bonchev–Trinajstić information content (AvgIpc) is 3.40. The molecule has 0 bridgehead atoms. The third-order valence-corrected chi connectivity index (χ3v) is 7.89. The highest BCUT2D eigenvalue weighted by Gasteiger charge is 2.34. The van der Waals surface area contributed by atoms with E-state index in [9.17, 15) is 14.4 Å². The van der Waals surface area contributed by atoms with E-state index in [1.807, 2.05) is 66.6 Å². The van der Waals surface area contributed by atoms with E-state index in [-0.39, 0.29) is 42.4 Å². The van der Waals surface area contributed by atoms with Crippen molar-refractivity contribution >= 4 is 17.6 Å². The van der Waals surface area contributed by atoms with Crippen molar-refractivity contribution in [2.75, 3.05) is 6.54 Å². The molecule has 2 amide bonds. The number of amides is 2. The van der Waals surface area contributed by atoms with Crippen molar-refractivity contribution in [1.82, 2.24) is 20.2 Å². The standard InChI is InChI=1S/C32H38N4O3/c1-22(32-33-21-26(34-32)18-23-9-4-2-5-10-23)17-29(37)27(35-30(38)19-24-14-15-24)20-31(39)36-16-8-13-28(36)25-11-6-3-7-12-25/h2-7,9-12,21-22,24,27-28H,8,13-20H2,1H3,(H,33,34)(H,35,38)/t22-,27+,28?/m1/s1. The van der Waals surface area contributed by atoms with E-state index in [2.05, 4.69) is 27.4 Å². The number of aromatic amines is 1. The molecule has 0 spiro atoms. The summed E-state index contributed by atoms with van der Waals surface area (Å²) in [7, 11) is 0. The van der Waals surface area contributed by atoms with Gasteiger partial charge in [0.25, 0.3) is 0 Å². The van der Waals surface area contributed by atoms with E-state index in [0.717, 1.165) is 49.2 Å². The number of ketones is 1. The number of imidazole rings is 1. The van der Waals surface area contributed by atoms with Gasteiger partial charge in [-0.25, -0.2) is 4.98 Å². The summed E-state index contributed by atoms with van der Waals surface area (Å²) in [4.78, 5) is 49.5. The molecule has 2 aromatic carbocycles. The normalized spacial score (nSPS) is 18.5. The molecule has 7 nitrogen and oxygen atoms in total. The second kappa shape index (κ2) is 12.4. The van der Waals surface area contributed by atoms with Crippen molar-refractivity contribution < 1.29 is 14.4 Å². The van der Waals surface area contributed by atoms with Crippen molar-refractivity contribution in [2.24, 2.45) is 5.92 Å². The third kappa shape index (κ3) is 7.22. The summed E-state index contributed by atoms with van der Waals surface area (Å²) in [6, 6.07) is 19.4. The predicted molar refractivity (Wildman–Crippen MR) is 150 cm³/mol. The number of Topliss-reactive ketones (excluding diaryl/α,β-unsaturated/α-hetero) is 1. The van der Waals surface area contributed by atoms with Gasteiger partial charge >= 0.3 is 0 Å². The van der Waals surface area contributed by atoms with Gasteiger partial charge in [-0.15, -0.1) is 0 Å². The number of hydrogen-bond acceptors (Lipinski definition) is 4. The molecule has 1 aromatic heterocycles. The highest BCUT2D eigenvalue weighted by Crippen LogP contribution is 2.33. The van der Waals surface area contributed by atoms with Gasteiger partial charge in [0.15, 0.2) is 5.78 Å². The fourth-order valence-electron chi connectivity index (χ4n) is 5.53. The highest BCUT2D eigenvalue weighted by atomic mass is 16.2. The SMILES string of the molecule is C[C@H](CC(=O)[C@H](CC(=O)N1CCCC1c1ccccc1)NC(=O)CC1CC1)c1ncc(Cc2ccccc2)[nH]1. The average molecular weight is 527 g/mol. The quantitative estimate of drug-likeness (QED) is 0.343. The number of rotatable bonds is 12. The summed E-state index contributed by atoms with van der Waals surface area (Å²) in [5.74, 6) is 0.637. The van der Waals surface area contributed by atoms with Gasteiger partial charge in [-0.1, -0.05) is 67.6 Å². The van der Waals surface area contributed by atoms with Gasteiger partial charge in [-0.05, 0) is 42.7 Å². The summed E-state index contributed by atoms with van der Waals surface area (Å²) < 4.78 is 0. The summed E-state index contributed by atoms with van der Waals surface area (Å²) in [6.45, 7) is 2.63. The van der Waals surface area contributed by atoms with Crippen molar-refractivity contribution in [3.8, 4) is 0 Å². The summed E-state index contributed by atoms with van der Waals surface area (Å²) >= 11 is 0. The number of nitrogens with one attached hydrogen (secondary N) is 2. The van der Waals surface area contributed by atoms with Gasteiger partial charge in [-0.2, -0.15) is 0 Å². The maximum absolute atomic E-state index is 13.5. The van der Waals surface area contributed by atoms with E-state index >= 15 is 0 Å². The molecule has 2 heterocycles. The summed E-state index contributed by atoms with van der Waals surface area (Å²) in [5, 5.41) is 2.93. The van der Waals surface area contributed by atoms with Crippen molar-refractivity contribution in [2.45, 2.75) is 76.3 Å². The number of nitrogens with zero attached hydrogens (tertiary/aromatic N) is 2. The lowest BCUT2D eigenvalue weighted by molar-refractivity contribution is -0.136. The van der Waals surface area contributed by atoms with Crippen LogP contribution in [-0.2, 0) is 20.8 Å². The first-order valence-electron chi connectivity index (χ1n) is 14.2. The predicted octanol–water partition coefficient (Wildman–Crippen LogP) is 5.10. The Morgan fingerprint density at radius 2 is 1.72 bits per heavy atom. The Bertz CT molecular complexity index is 1270. The second-order valence-electron chi connectivity index (χ2n) is 11.2. The molecular formula is C32H38N4O3. The lowest BCUT2D eigenvalue weighted by Crippen LogP contribution is -2.45. The van der Waals surface area contributed by atoms with Gasteiger partial charge in [0.2, 0.25) is 11.8 Å². The molecule has 1 aliphatic carbocycles. The molecule has 1 unspecified atom stereocenters. The van der Waals surface area contributed by atoms with Crippen LogP contribution < -0.4 is 5.32 Å². The maximum Gasteiger partial charge on any atom is 0.225 e. The van der Waals surface area contributed by atoms with Crippen LogP contribution in [0.25, 0.3) is 0 Å². The Kier molecular flexibility index (Phi) is 8.54. The number of aromatic nitrogens is 2. The van der Waals surface area contributed by atoms with Crippen LogP contribution in [-0.4, -0.2) is 45.1 Å². The number of carbonyl (C=O) groups excluding carboxylic acids is 3. The monoisotopic (exact) mass is 526 g/mol. The molecule has 5 rings (SSSR count). The van der Waals surface area contributed by atoms with Crippen LogP contribution in [0.5, 0.6) is 0 Å². The zero-order valence-corrected chi connectivity index (χ0v) is 22.6. The van der Waals surface area contributed by atoms with Gasteiger partial charge in [0.1, 0.15) is 5.82 Å². The molecular weight excluding hydrogens is 488 g/mol. The fourth-order valence-corrected chi connectivity index (χ4v) is 5.53. The van der Waals surface area contributed by atoms with Crippen LogP contribution in [0.4, 0.5) is 0 Å². The van der Waals surface area contributed by atoms with Crippen LogP contribution in [0.1, 0.15) is 86.5 Å². The molecule has 3 atom stereocenters. The van der Waals surface area contributed by atoms with Crippen molar-refractivity contribution in [1.29, 1.82) is 0 Å². The number of H-pyrrole nitrogens is 1. The molecule has 204 valence electrons. The first kappa shape index (κ1) is 26.9. The maximum atomic E-state index is 13.5. The molecule has 1 saturated carbocycles. The molecule has 3 aromatic rings. The molecule has 2 fully saturated rings. The largest absolute Gasteiger partial charge is 0.346 e. The minimum absolute atomic E-state index is 0.0112. The summed E-state index contributed by atoms with van der Waals surface area (Å²) in [5.41, 5.74) is 3.28. The van der Waals surface area contributed by atoms with Gasteiger partial charge in [0, 0.05) is 43.6 Å². The number of hydrogen-bond donors (Lipinski definition) is 2. The third-order valence-electron chi connectivity index (χ3n) is 7.89. The van der Waals surface area contributed by atoms with E-state index in [0.29, 0.717) is 18.9 Å².